The third-order valence-corrected chi connectivity index (χ3v) is 5.93. The van der Waals surface area contributed by atoms with Crippen molar-refractivity contribution < 1.29 is 19.5 Å². The normalized spacial score (nSPS) is 19.4. The average molecular weight is 405 g/mol. The number of para-hydroxylation sites is 1. The number of carbonyl (C=O) groups excluding carboxylic acids is 2. The van der Waals surface area contributed by atoms with Gasteiger partial charge in [-0.05, 0) is 18.4 Å². The van der Waals surface area contributed by atoms with Crippen LogP contribution in [0.3, 0.4) is 0 Å². The van der Waals surface area contributed by atoms with Crippen LogP contribution in [0.1, 0.15) is 32.3 Å². The number of aliphatic carboxylic acids is 1. The van der Waals surface area contributed by atoms with Gasteiger partial charge < -0.3 is 10.0 Å². The quantitative estimate of drug-likeness (QED) is 0.580. The van der Waals surface area contributed by atoms with Crippen LogP contribution in [0.4, 0.5) is 5.69 Å². The van der Waals surface area contributed by atoms with Gasteiger partial charge in [-0.1, -0.05) is 56.0 Å². The lowest BCUT2D eigenvalue weighted by molar-refractivity contribution is -0.137. The molecule has 142 valence electrons. The summed E-state index contributed by atoms with van der Waals surface area (Å²) in [5.74, 6) is -1.15. The van der Waals surface area contributed by atoms with E-state index in [-0.39, 0.29) is 28.1 Å². The first-order valence-corrected chi connectivity index (χ1v) is 9.94. The predicted octanol–water partition coefficient (Wildman–Crippen LogP) is 3.13. The van der Waals surface area contributed by atoms with E-state index in [0.717, 1.165) is 29.4 Å². The van der Waals surface area contributed by atoms with Crippen LogP contribution < -0.4 is 4.90 Å². The van der Waals surface area contributed by atoms with Crippen LogP contribution in [0.25, 0.3) is 5.57 Å². The number of carbonyl (C=O) groups is 3. The Kier molecular flexibility index (Phi) is 5.67. The van der Waals surface area contributed by atoms with Gasteiger partial charge in [0.2, 0.25) is 0 Å². The lowest BCUT2D eigenvalue weighted by Gasteiger charge is -2.18. The van der Waals surface area contributed by atoms with Crippen LogP contribution in [0, 0.1) is 5.92 Å². The van der Waals surface area contributed by atoms with Crippen molar-refractivity contribution in [2.75, 3.05) is 18.0 Å². The first-order valence-electron chi connectivity index (χ1n) is 8.72. The summed E-state index contributed by atoms with van der Waals surface area (Å²) in [6.45, 7) is 4.78. The minimum absolute atomic E-state index is 0.00365. The molecule has 1 aromatic rings. The molecule has 1 aromatic carbocycles. The summed E-state index contributed by atoms with van der Waals surface area (Å²) in [6.07, 6.45) is 0.660. The number of benzene rings is 1. The molecule has 0 aromatic heterocycles. The summed E-state index contributed by atoms with van der Waals surface area (Å²) in [6, 6.07) is 7.42. The zero-order chi connectivity index (χ0) is 19.7. The van der Waals surface area contributed by atoms with Gasteiger partial charge in [-0.3, -0.25) is 19.3 Å². The molecule has 2 amide bonds. The summed E-state index contributed by atoms with van der Waals surface area (Å²) in [5.41, 5.74) is 1.89. The van der Waals surface area contributed by atoms with E-state index < -0.39 is 11.9 Å². The molecular formula is C19H20N2O4S2. The third kappa shape index (κ3) is 3.77. The zero-order valence-corrected chi connectivity index (χ0v) is 16.7. The molecule has 0 unspecified atom stereocenters. The second-order valence-electron chi connectivity index (χ2n) is 6.83. The maximum absolute atomic E-state index is 13.1. The van der Waals surface area contributed by atoms with Crippen LogP contribution in [0.15, 0.2) is 29.2 Å². The van der Waals surface area contributed by atoms with Crippen molar-refractivity contribution in [2.45, 2.75) is 26.7 Å². The molecule has 0 atom stereocenters. The Morgan fingerprint density at radius 3 is 2.52 bits per heavy atom. The van der Waals surface area contributed by atoms with E-state index in [2.05, 4.69) is 13.8 Å². The van der Waals surface area contributed by atoms with Crippen LogP contribution >= 0.6 is 24.0 Å². The largest absolute Gasteiger partial charge is 0.481 e. The summed E-state index contributed by atoms with van der Waals surface area (Å²) < 4.78 is 0.287. The second kappa shape index (κ2) is 7.82. The topological polar surface area (TPSA) is 77.9 Å². The lowest BCUT2D eigenvalue weighted by Crippen LogP contribution is -2.31. The van der Waals surface area contributed by atoms with Crippen molar-refractivity contribution in [3.8, 4) is 0 Å². The number of thioether (sulfide) groups is 1. The Morgan fingerprint density at radius 1 is 1.15 bits per heavy atom. The van der Waals surface area contributed by atoms with Gasteiger partial charge in [0.05, 0.1) is 22.6 Å². The van der Waals surface area contributed by atoms with Crippen molar-refractivity contribution in [1.29, 1.82) is 0 Å². The van der Waals surface area contributed by atoms with Crippen LogP contribution in [-0.2, 0) is 14.4 Å². The van der Waals surface area contributed by atoms with Gasteiger partial charge in [0.25, 0.3) is 11.8 Å². The molecule has 1 fully saturated rings. The zero-order valence-electron chi connectivity index (χ0n) is 15.1. The maximum atomic E-state index is 13.1. The number of thiocarbonyl (C=S) groups is 1. The SMILES string of the molecule is CC(C)CCN1C(=O)/C(=C2/SC(=S)N(CCC(=O)O)C2=O)c2ccccc21. The number of nitrogens with zero attached hydrogens (tertiary/aromatic N) is 2. The highest BCUT2D eigenvalue weighted by atomic mass is 32.2. The Morgan fingerprint density at radius 2 is 1.85 bits per heavy atom. The molecule has 1 N–H and O–H groups in total. The molecule has 0 bridgehead atoms. The van der Waals surface area contributed by atoms with E-state index in [1.165, 1.54) is 4.90 Å². The molecule has 3 rings (SSSR count). The molecule has 0 saturated carbocycles. The minimum Gasteiger partial charge on any atom is -0.481 e. The number of carboxylic acids is 1. The van der Waals surface area contributed by atoms with Crippen molar-refractivity contribution in [2.24, 2.45) is 5.92 Å². The van der Waals surface area contributed by atoms with Gasteiger partial charge in [-0.25, -0.2) is 0 Å². The molecule has 27 heavy (non-hydrogen) atoms. The number of fused-ring (bicyclic) bond motifs is 1. The first kappa shape index (κ1) is 19.6. The molecule has 6 nitrogen and oxygen atoms in total. The third-order valence-electron chi connectivity index (χ3n) is 4.48. The summed E-state index contributed by atoms with van der Waals surface area (Å²) >= 11 is 6.32. The summed E-state index contributed by atoms with van der Waals surface area (Å²) in [4.78, 5) is 40.1. The minimum atomic E-state index is -1.00. The van der Waals surface area contributed by atoms with Crippen molar-refractivity contribution >= 4 is 57.3 Å². The molecule has 2 heterocycles. The number of amides is 2. The van der Waals surface area contributed by atoms with Crippen molar-refractivity contribution in [3.63, 3.8) is 0 Å². The standard InChI is InChI=1S/C19H20N2O4S2/c1-11(2)7-9-20-13-6-4-3-5-12(13)15(17(20)24)16-18(25)21(19(26)27-16)10-8-14(22)23/h3-6,11H,7-10H2,1-2H3,(H,22,23)/b16-15+. The Bertz CT molecular complexity index is 863. The Balaban J connectivity index is 1.98. The first-order chi connectivity index (χ1) is 12.8. The van der Waals surface area contributed by atoms with E-state index in [1.807, 2.05) is 24.3 Å². The maximum Gasteiger partial charge on any atom is 0.305 e. The smallest absolute Gasteiger partial charge is 0.305 e. The number of anilines is 1. The second-order valence-corrected chi connectivity index (χ2v) is 8.47. The van der Waals surface area contributed by atoms with Crippen LogP contribution in [0.5, 0.6) is 0 Å². The monoisotopic (exact) mass is 404 g/mol. The number of rotatable bonds is 6. The van der Waals surface area contributed by atoms with Gasteiger partial charge in [0, 0.05) is 18.7 Å². The molecule has 0 aliphatic carbocycles. The Hall–Kier alpha value is -2.19. The highest BCUT2D eigenvalue weighted by molar-refractivity contribution is 8.26. The number of hydrogen-bond acceptors (Lipinski definition) is 5. The molecule has 1 saturated heterocycles. The fourth-order valence-corrected chi connectivity index (χ4v) is 4.44. The molecular weight excluding hydrogens is 384 g/mol. The van der Waals surface area contributed by atoms with Gasteiger partial charge in [-0.2, -0.15) is 0 Å². The fraction of sp³-hybridized carbons (Fsp3) is 0.368. The molecule has 2 aliphatic rings. The van der Waals surface area contributed by atoms with Crippen LogP contribution in [-0.4, -0.2) is 45.2 Å². The fourth-order valence-electron chi connectivity index (χ4n) is 3.06. The Labute approximate surface area is 167 Å². The lowest BCUT2D eigenvalue weighted by atomic mass is 10.1. The number of hydrogen-bond donors (Lipinski definition) is 1. The van der Waals surface area contributed by atoms with E-state index >= 15 is 0 Å². The van der Waals surface area contributed by atoms with Crippen molar-refractivity contribution in [1.82, 2.24) is 4.90 Å². The van der Waals surface area contributed by atoms with Crippen molar-refractivity contribution in [3.05, 3.63) is 34.7 Å². The molecule has 0 spiro atoms. The van der Waals surface area contributed by atoms with Gasteiger partial charge in [0.1, 0.15) is 4.32 Å². The highest BCUT2D eigenvalue weighted by Gasteiger charge is 2.41. The van der Waals surface area contributed by atoms with E-state index in [1.54, 1.807) is 4.90 Å². The predicted molar refractivity (Wildman–Crippen MR) is 109 cm³/mol. The van der Waals surface area contributed by atoms with E-state index in [4.69, 9.17) is 17.3 Å². The van der Waals surface area contributed by atoms with Gasteiger partial charge in [0.15, 0.2) is 0 Å². The van der Waals surface area contributed by atoms with Gasteiger partial charge in [-0.15, -0.1) is 0 Å². The number of carboxylic acid groups (broad SMARTS) is 1. The summed E-state index contributed by atoms with van der Waals surface area (Å²) in [7, 11) is 0. The average Bonchev–Trinajstić information content (AvgIpc) is 3.04. The molecule has 8 heteroatoms. The highest BCUT2D eigenvalue weighted by Crippen LogP contribution is 2.44. The van der Waals surface area contributed by atoms with Gasteiger partial charge >= 0.3 is 5.97 Å². The molecule has 0 radical (unpaired) electrons. The molecule has 2 aliphatic heterocycles. The van der Waals surface area contributed by atoms with E-state index in [9.17, 15) is 14.4 Å². The van der Waals surface area contributed by atoms with E-state index in [0.29, 0.717) is 18.0 Å². The summed E-state index contributed by atoms with van der Waals surface area (Å²) in [5, 5.41) is 8.87. The van der Waals surface area contributed by atoms with Crippen LogP contribution in [0.2, 0.25) is 0 Å².